The van der Waals surface area contributed by atoms with Gasteiger partial charge in [0.25, 0.3) is 5.91 Å². The molecule has 16 heavy (non-hydrogen) atoms. The summed E-state index contributed by atoms with van der Waals surface area (Å²) in [5, 5.41) is 2.50. The number of hydrogen-bond acceptors (Lipinski definition) is 4. The number of aldehydes is 1. The van der Waals surface area contributed by atoms with Gasteiger partial charge in [-0.15, -0.1) is 0 Å². The van der Waals surface area contributed by atoms with E-state index in [0.29, 0.717) is 12.0 Å². The third-order valence-electron chi connectivity index (χ3n) is 1.88. The number of nitrogen functional groups attached to an aromatic ring is 1. The number of benzene rings is 1. The maximum atomic E-state index is 11.3. The highest BCUT2D eigenvalue weighted by molar-refractivity contribution is 6.02. The van der Waals surface area contributed by atoms with Gasteiger partial charge in [0.2, 0.25) is 5.91 Å². The number of amides is 2. The molecule has 6 nitrogen and oxygen atoms in total. The van der Waals surface area contributed by atoms with Crippen LogP contribution in [-0.2, 0) is 4.79 Å². The second-order valence-electron chi connectivity index (χ2n) is 3.07. The molecule has 84 valence electrons. The van der Waals surface area contributed by atoms with Crippen molar-refractivity contribution >= 4 is 23.8 Å². The highest BCUT2D eigenvalue weighted by Gasteiger charge is 2.11. The molecule has 6 heteroatoms. The minimum Gasteiger partial charge on any atom is -0.326 e. The van der Waals surface area contributed by atoms with E-state index in [-0.39, 0.29) is 17.0 Å². The monoisotopic (exact) mass is 221 g/mol. The summed E-state index contributed by atoms with van der Waals surface area (Å²) in [6.07, 6.45) is 0.544. The third kappa shape index (κ3) is 2.64. The Labute approximate surface area is 91.8 Å². The molecule has 0 radical (unpaired) electrons. The SMILES string of the molecule is CC(=O)Nc1ccc(C=O)c(C(=O)NN)c1. The highest BCUT2D eigenvalue weighted by atomic mass is 16.2. The fraction of sp³-hybridized carbons (Fsp3) is 0.100. The van der Waals surface area contributed by atoms with Crippen LogP contribution in [0.25, 0.3) is 0 Å². The van der Waals surface area contributed by atoms with Crippen molar-refractivity contribution in [3.05, 3.63) is 29.3 Å². The molecule has 1 rings (SSSR count). The van der Waals surface area contributed by atoms with Gasteiger partial charge in [-0.3, -0.25) is 19.8 Å². The van der Waals surface area contributed by atoms with Gasteiger partial charge in [0.15, 0.2) is 6.29 Å². The van der Waals surface area contributed by atoms with Crippen LogP contribution >= 0.6 is 0 Å². The number of rotatable bonds is 3. The number of carbonyl (C=O) groups excluding carboxylic acids is 3. The van der Waals surface area contributed by atoms with Gasteiger partial charge < -0.3 is 5.32 Å². The summed E-state index contributed by atoms with van der Waals surface area (Å²) < 4.78 is 0. The first-order valence-corrected chi connectivity index (χ1v) is 4.46. The van der Waals surface area contributed by atoms with Gasteiger partial charge in [-0.25, -0.2) is 5.84 Å². The third-order valence-corrected chi connectivity index (χ3v) is 1.88. The number of hydrogen-bond donors (Lipinski definition) is 3. The number of nitrogens with one attached hydrogen (secondary N) is 2. The molecule has 0 bridgehead atoms. The first-order chi connectivity index (χ1) is 7.58. The average molecular weight is 221 g/mol. The van der Waals surface area contributed by atoms with E-state index >= 15 is 0 Å². The fourth-order valence-electron chi connectivity index (χ4n) is 1.21. The Morgan fingerprint density at radius 1 is 1.38 bits per heavy atom. The van der Waals surface area contributed by atoms with Gasteiger partial charge in [-0.2, -0.15) is 0 Å². The van der Waals surface area contributed by atoms with Crippen LogP contribution in [0.1, 0.15) is 27.6 Å². The van der Waals surface area contributed by atoms with E-state index in [2.05, 4.69) is 5.32 Å². The maximum absolute atomic E-state index is 11.3. The largest absolute Gasteiger partial charge is 0.326 e. The van der Waals surface area contributed by atoms with Crippen LogP contribution in [0.4, 0.5) is 5.69 Å². The summed E-state index contributed by atoms with van der Waals surface area (Å²) in [5.74, 6) is 4.12. The summed E-state index contributed by atoms with van der Waals surface area (Å²) in [5.41, 5.74) is 2.67. The first-order valence-electron chi connectivity index (χ1n) is 4.46. The predicted octanol–water partition coefficient (Wildman–Crippen LogP) is 0.0610. The summed E-state index contributed by atoms with van der Waals surface area (Å²) in [6, 6.07) is 4.34. The smallest absolute Gasteiger partial charge is 0.265 e. The zero-order valence-corrected chi connectivity index (χ0v) is 8.61. The molecule has 0 aliphatic rings. The van der Waals surface area contributed by atoms with Gasteiger partial charge in [0.05, 0.1) is 5.56 Å². The van der Waals surface area contributed by atoms with Crippen LogP contribution in [-0.4, -0.2) is 18.1 Å². The number of hydrazine groups is 1. The van der Waals surface area contributed by atoms with Crippen molar-refractivity contribution in [3.8, 4) is 0 Å². The van der Waals surface area contributed by atoms with E-state index in [9.17, 15) is 14.4 Å². The molecular weight excluding hydrogens is 210 g/mol. The summed E-state index contributed by atoms with van der Waals surface area (Å²) in [6.45, 7) is 1.34. The molecule has 0 saturated carbocycles. The van der Waals surface area contributed by atoms with Crippen molar-refractivity contribution in [1.82, 2.24) is 5.43 Å². The predicted molar refractivity (Wildman–Crippen MR) is 57.8 cm³/mol. The van der Waals surface area contributed by atoms with Gasteiger partial charge in [-0.05, 0) is 18.2 Å². The van der Waals surface area contributed by atoms with Crippen molar-refractivity contribution < 1.29 is 14.4 Å². The quantitative estimate of drug-likeness (QED) is 0.291. The summed E-state index contributed by atoms with van der Waals surface area (Å²) in [7, 11) is 0. The van der Waals surface area contributed by atoms with E-state index in [0.717, 1.165) is 0 Å². The van der Waals surface area contributed by atoms with Crippen LogP contribution < -0.4 is 16.6 Å². The molecule has 4 N–H and O–H groups in total. The molecule has 0 aromatic heterocycles. The Hall–Kier alpha value is -2.21. The standard InChI is InChI=1S/C10H11N3O3/c1-6(15)12-8-3-2-7(5-14)9(4-8)10(16)13-11/h2-5H,11H2,1H3,(H,12,15)(H,13,16). The lowest BCUT2D eigenvalue weighted by Gasteiger charge is -2.07. The molecule has 1 aromatic rings. The Morgan fingerprint density at radius 3 is 2.56 bits per heavy atom. The number of anilines is 1. The zero-order chi connectivity index (χ0) is 12.1. The van der Waals surface area contributed by atoms with Crippen LogP contribution in [0, 0.1) is 0 Å². The Morgan fingerprint density at radius 2 is 2.06 bits per heavy atom. The second kappa shape index (κ2) is 5.04. The normalized spacial score (nSPS) is 9.38. The molecule has 0 aliphatic heterocycles. The van der Waals surface area contributed by atoms with Crippen LogP contribution in [0.15, 0.2) is 18.2 Å². The summed E-state index contributed by atoms with van der Waals surface area (Å²) >= 11 is 0. The molecule has 0 saturated heterocycles. The maximum Gasteiger partial charge on any atom is 0.265 e. The van der Waals surface area contributed by atoms with Crippen molar-refractivity contribution in [3.63, 3.8) is 0 Å². The highest BCUT2D eigenvalue weighted by Crippen LogP contribution is 2.14. The average Bonchev–Trinajstić information content (AvgIpc) is 2.27. The number of nitrogens with two attached hydrogens (primary N) is 1. The van der Waals surface area contributed by atoms with E-state index in [1.807, 2.05) is 5.43 Å². The van der Waals surface area contributed by atoms with Gasteiger partial charge >= 0.3 is 0 Å². The summed E-state index contributed by atoms with van der Waals surface area (Å²) in [4.78, 5) is 32.8. The van der Waals surface area contributed by atoms with Crippen molar-refractivity contribution in [2.24, 2.45) is 5.84 Å². The molecule has 2 amide bonds. The topological polar surface area (TPSA) is 101 Å². The molecule has 0 aliphatic carbocycles. The Balaban J connectivity index is 3.15. The van der Waals surface area contributed by atoms with Crippen molar-refractivity contribution in [1.29, 1.82) is 0 Å². The van der Waals surface area contributed by atoms with Gasteiger partial charge in [0, 0.05) is 18.2 Å². The lowest BCUT2D eigenvalue weighted by atomic mass is 10.1. The lowest BCUT2D eigenvalue weighted by Crippen LogP contribution is -2.30. The first kappa shape index (κ1) is 11.9. The van der Waals surface area contributed by atoms with Crippen molar-refractivity contribution in [2.45, 2.75) is 6.92 Å². The molecule has 0 heterocycles. The number of carbonyl (C=O) groups is 3. The zero-order valence-electron chi connectivity index (χ0n) is 8.61. The van der Waals surface area contributed by atoms with Gasteiger partial charge in [-0.1, -0.05) is 0 Å². The van der Waals surface area contributed by atoms with Crippen LogP contribution in [0.2, 0.25) is 0 Å². The minimum absolute atomic E-state index is 0.115. The van der Waals surface area contributed by atoms with Crippen LogP contribution in [0.3, 0.4) is 0 Å². The van der Waals surface area contributed by atoms with E-state index in [1.54, 1.807) is 0 Å². The van der Waals surface area contributed by atoms with E-state index in [1.165, 1.54) is 25.1 Å². The molecule has 0 spiro atoms. The van der Waals surface area contributed by atoms with Crippen molar-refractivity contribution in [2.75, 3.05) is 5.32 Å². The minimum atomic E-state index is -0.589. The second-order valence-corrected chi connectivity index (χ2v) is 3.07. The fourth-order valence-corrected chi connectivity index (χ4v) is 1.21. The van der Waals surface area contributed by atoms with E-state index < -0.39 is 5.91 Å². The molecule has 0 unspecified atom stereocenters. The molecule has 0 fully saturated rings. The van der Waals surface area contributed by atoms with E-state index in [4.69, 9.17) is 5.84 Å². The molecule has 1 aromatic carbocycles. The molecule has 0 atom stereocenters. The van der Waals surface area contributed by atoms with Gasteiger partial charge in [0.1, 0.15) is 0 Å². The Kier molecular flexibility index (Phi) is 3.73. The molecular formula is C10H11N3O3. The van der Waals surface area contributed by atoms with Crippen LogP contribution in [0.5, 0.6) is 0 Å². The Bertz CT molecular complexity index is 443. The lowest BCUT2D eigenvalue weighted by molar-refractivity contribution is -0.114.